The molecule has 12 nitrogen and oxygen atoms in total. The number of hydrogen-bond acceptors (Lipinski definition) is 8. The van der Waals surface area contributed by atoms with Crippen molar-refractivity contribution in [1.82, 2.24) is 34.9 Å². The molecule has 6 N–H and O–H groups in total. The van der Waals surface area contributed by atoms with Crippen molar-refractivity contribution < 1.29 is 19.8 Å². The lowest BCUT2D eigenvalue weighted by Crippen LogP contribution is -2.61. The quantitative estimate of drug-likeness (QED) is 0.234. The molecule has 2 amide bonds. The number of nitrogens with two attached hydrogens (primary N) is 1. The molecule has 13 heteroatoms. The van der Waals surface area contributed by atoms with Crippen LogP contribution in [0.3, 0.4) is 0 Å². The molecule has 0 bridgehead atoms. The van der Waals surface area contributed by atoms with Gasteiger partial charge in [0.25, 0.3) is 5.91 Å². The third-order valence-corrected chi connectivity index (χ3v) is 6.35. The zero-order chi connectivity index (χ0) is 25.6. The van der Waals surface area contributed by atoms with Gasteiger partial charge in [-0.2, -0.15) is 5.10 Å². The highest BCUT2D eigenvalue weighted by molar-refractivity contribution is 6.31. The van der Waals surface area contributed by atoms with Crippen molar-refractivity contribution in [2.45, 2.75) is 31.7 Å². The lowest BCUT2D eigenvalue weighted by Gasteiger charge is -2.38. The summed E-state index contributed by atoms with van der Waals surface area (Å²) >= 11 is 6.18. The Kier molecular flexibility index (Phi) is 6.35. The van der Waals surface area contributed by atoms with Crippen molar-refractivity contribution >= 4 is 45.5 Å². The summed E-state index contributed by atoms with van der Waals surface area (Å²) in [7, 11) is 0. The summed E-state index contributed by atoms with van der Waals surface area (Å²) in [6, 6.07) is 4.46. The second kappa shape index (κ2) is 9.47. The number of amides is 2. The number of H-pyrrole nitrogens is 1. The Labute approximate surface area is 210 Å². The minimum absolute atomic E-state index is 0.0263. The maximum Gasteiger partial charge on any atom is 0.255 e. The first kappa shape index (κ1) is 24.1. The van der Waals surface area contributed by atoms with Crippen molar-refractivity contribution in [3.8, 4) is 11.4 Å². The predicted octanol–water partition coefficient (Wildman–Crippen LogP) is 0.269. The van der Waals surface area contributed by atoms with Crippen molar-refractivity contribution in [1.29, 1.82) is 0 Å². The van der Waals surface area contributed by atoms with E-state index in [9.17, 15) is 19.8 Å². The summed E-state index contributed by atoms with van der Waals surface area (Å²) in [5.41, 5.74) is 8.24. The normalized spacial score (nSPS) is 15.8. The molecule has 188 valence electrons. The zero-order valence-electron chi connectivity index (χ0n) is 19.3. The Morgan fingerprint density at radius 1 is 1.36 bits per heavy atom. The van der Waals surface area contributed by atoms with Crippen LogP contribution in [0.1, 0.15) is 17.3 Å². The van der Waals surface area contributed by atoms with Crippen molar-refractivity contribution in [2.75, 3.05) is 19.7 Å². The molecule has 0 aliphatic carbocycles. The van der Waals surface area contributed by atoms with E-state index in [1.807, 2.05) is 0 Å². The van der Waals surface area contributed by atoms with Gasteiger partial charge in [-0.15, -0.1) is 0 Å². The van der Waals surface area contributed by atoms with E-state index < -0.39 is 24.7 Å². The lowest BCUT2D eigenvalue weighted by atomic mass is 10.1. The molecule has 36 heavy (non-hydrogen) atoms. The molecule has 2 atom stereocenters. The van der Waals surface area contributed by atoms with E-state index >= 15 is 0 Å². The Morgan fingerprint density at radius 3 is 2.86 bits per heavy atom. The van der Waals surface area contributed by atoms with E-state index in [1.54, 1.807) is 34.7 Å². The molecule has 1 unspecified atom stereocenters. The molecule has 1 aliphatic rings. The van der Waals surface area contributed by atoms with Gasteiger partial charge >= 0.3 is 0 Å². The van der Waals surface area contributed by atoms with Gasteiger partial charge in [-0.3, -0.25) is 14.3 Å². The third-order valence-electron chi connectivity index (χ3n) is 6.12. The number of nitrogens with zero attached hydrogens (tertiary/aromatic N) is 5. The number of rotatable bonds is 7. The van der Waals surface area contributed by atoms with Gasteiger partial charge in [0.05, 0.1) is 36.5 Å². The topological polar surface area (TPSA) is 175 Å². The van der Waals surface area contributed by atoms with Crippen LogP contribution in [0.2, 0.25) is 5.02 Å². The van der Waals surface area contributed by atoms with E-state index in [-0.39, 0.29) is 24.1 Å². The third kappa shape index (κ3) is 4.39. The van der Waals surface area contributed by atoms with E-state index in [2.05, 4.69) is 25.4 Å². The van der Waals surface area contributed by atoms with Crippen LogP contribution < -0.4 is 11.1 Å². The van der Waals surface area contributed by atoms with Crippen molar-refractivity contribution in [2.24, 2.45) is 5.73 Å². The Morgan fingerprint density at radius 2 is 2.14 bits per heavy atom. The lowest BCUT2D eigenvalue weighted by molar-refractivity contribution is -0.137. The highest BCUT2D eigenvalue weighted by Gasteiger charge is 2.31. The molecule has 0 saturated carbocycles. The monoisotopic (exact) mass is 512 g/mol. The van der Waals surface area contributed by atoms with Gasteiger partial charge in [0.2, 0.25) is 5.91 Å². The van der Waals surface area contributed by atoms with Crippen LogP contribution in [-0.4, -0.2) is 89.5 Å². The van der Waals surface area contributed by atoms with Crippen LogP contribution in [0.25, 0.3) is 33.5 Å². The van der Waals surface area contributed by atoms with Crippen LogP contribution in [0.4, 0.5) is 0 Å². The molecular weight excluding hydrogens is 488 g/mol. The zero-order valence-corrected chi connectivity index (χ0v) is 20.1. The van der Waals surface area contributed by atoms with E-state index in [0.29, 0.717) is 51.6 Å². The Bertz CT molecular complexity index is 1460. The number of benzene rings is 1. The molecule has 0 spiro atoms. The SMILES string of the molecule is C[C@@H](NC(=O)c1c[nH]c2ncc(-c3nn(CC(O)CO)c4cc(Cl)ccc34)nc12)C(=O)N1CC(N)C1. The molecule has 1 aliphatic heterocycles. The number of hydrogen-bond donors (Lipinski definition) is 5. The number of halogens is 1. The molecule has 1 fully saturated rings. The van der Waals surface area contributed by atoms with E-state index in [1.165, 1.54) is 12.4 Å². The summed E-state index contributed by atoms with van der Waals surface area (Å²) in [6.45, 7) is 2.20. The van der Waals surface area contributed by atoms with Gasteiger partial charge in [0.1, 0.15) is 22.9 Å². The van der Waals surface area contributed by atoms with Crippen LogP contribution in [0.5, 0.6) is 0 Å². The first-order valence-corrected chi connectivity index (χ1v) is 11.8. The standard InChI is InChI=1S/C23H25ClN8O4/c1-11(23(36)31-7-13(25)8-31)28-22(35)16-5-26-21-20(16)29-17(6-27-21)19-15-3-2-12(24)4-18(15)32(30-19)9-14(34)10-33/h2-6,11,13-14,33-34H,7-10,25H2,1H3,(H,26,27)(H,28,35)/t11-,14?/m1/s1. The maximum atomic E-state index is 13.0. The highest BCUT2D eigenvalue weighted by Crippen LogP contribution is 2.30. The van der Waals surface area contributed by atoms with Gasteiger partial charge in [-0.1, -0.05) is 11.6 Å². The first-order valence-electron chi connectivity index (χ1n) is 11.4. The minimum Gasteiger partial charge on any atom is -0.394 e. The minimum atomic E-state index is -1.01. The van der Waals surface area contributed by atoms with Gasteiger partial charge in [0, 0.05) is 35.7 Å². The molecule has 1 saturated heterocycles. The molecule has 0 radical (unpaired) electrons. The fourth-order valence-electron chi connectivity index (χ4n) is 4.21. The van der Waals surface area contributed by atoms with E-state index in [4.69, 9.17) is 17.3 Å². The summed E-state index contributed by atoms with van der Waals surface area (Å²) in [6.07, 6.45) is 2.02. The summed E-state index contributed by atoms with van der Waals surface area (Å²) in [5, 5.41) is 27.7. The average molecular weight is 513 g/mol. The van der Waals surface area contributed by atoms with Gasteiger partial charge < -0.3 is 31.1 Å². The molecule has 1 aromatic carbocycles. The summed E-state index contributed by atoms with van der Waals surface area (Å²) in [4.78, 5) is 39.1. The number of nitrogens with one attached hydrogen (secondary N) is 2. The summed E-state index contributed by atoms with van der Waals surface area (Å²) < 4.78 is 1.54. The second-order valence-electron chi connectivity index (χ2n) is 8.88. The second-order valence-corrected chi connectivity index (χ2v) is 9.32. The number of carbonyl (C=O) groups is 2. The maximum absolute atomic E-state index is 13.0. The Balaban J connectivity index is 1.47. The number of likely N-dealkylation sites (tertiary alicyclic amines) is 1. The van der Waals surface area contributed by atoms with Gasteiger partial charge in [0.15, 0.2) is 5.65 Å². The van der Waals surface area contributed by atoms with Crippen LogP contribution in [0.15, 0.2) is 30.6 Å². The fraction of sp³-hybridized carbons (Fsp3) is 0.348. The van der Waals surface area contributed by atoms with Crippen molar-refractivity contribution in [3.63, 3.8) is 0 Å². The first-order chi connectivity index (χ1) is 17.2. The number of aliphatic hydroxyl groups excluding tert-OH is 2. The predicted molar refractivity (Wildman–Crippen MR) is 132 cm³/mol. The molecular formula is C23H25ClN8O4. The van der Waals surface area contributed by atoms with Crippen molar-refractivity contribution in [3.05, 3.63) is 41.2 Å². The van der Waals surface area contributed by atoms with Crippen LogP contribution in [0, 0.1) is 0 Å². The number of aromatic nitrogens is 5. The van der Waals surface area contributed by atoms with Crippen LogP contribution >= 0.6 is 11.6 Å². The van der Waals surface area contributed by atoms with E-state index in [0.717, 1.165) is 0 Å². The molecule has 5 rings (SSSR count). The molecule has 4 heterocycles. The number of fused-ring (bicyclic) bond motifs is 2. The number of carbonyl (C=O) groups excluding carboxylic acids is 2. The number of aliphatic hydroxyl groups is 2. The number of aromatic amines is 1. The smallest absolute Gasteiger partial charge is 0.255 e. The summed E-state index contributed by atoms with van der Waals surface area (Å²) in [5.74, 6) is -0.663. The fourth-order valence-corrected chi connectivity index (χ4v) is 4.38. The highest BCUT2D eigenvalue weighted by atomic mass is 35.5. The Hall–Kier alpha value is -3.58. The average Bonchev–Trinajstić information content (AvgIpc) is 3.42. The molecule has 3 aromatic heterocycles. The molecule has 4 aromatic rings. The van der Waals surface area contributed by atoms with Crippen LogP contribution in [-0.2, 0) is 11.3 Å². The van der Waals surface area contributed by atoms with Gasteiger partial charge in [-0.25, -0.2) is 9.97 Å². The largest absolute Gasteiger partial charge is 0.394 e. The van der Waals surface area contributed by atoms with Gasteiger partial charge in [-0.05, 0) is 25.1 Å².